The minimum Gasteiger partial charge on any atom is -0.495 e. The summed E-state index contributed by atoms with van der Waals surface area (Å²) < 4.78 is 39.2. The van der Waals surface area contributed by atoms with Crippen LogP contribution < -0.4 is 19.1 Å². The average molecular weight is 404 g/mol. The first-order valence-corrected chi connectivity index (χ1v) is 10.6. The van der Waals surface area contributed by atoms with E-state index in [0.717, 1.165) is 12.0 Å². The van der Waals surface area contributed by atoms with Crippen molar-refractivity contribution in [1.29, 1.82) is 0 Å². The number of hydrogen-bond donors (Lipinski definition) is 1. The molecule has 2 aromatic rings. The number of methoxy groups -OCH3 is 2. The summed E-state index contributed by atoms with van der Waals surface area (Å²) in [7, 11) is -0.928. The number of carbonyl (C=O) groups excluding carboxylic acids is 1. The number of anilines is 2. The molecule has 0 aromatic heterocycles. The second kappa shape index (κ2) is 8.10. The highest BCUT2D eigenvalue weighted by atomic mass is 32.2. The average Bonchev–Trinajstić information content (AvgIpc) is 3.12. The second-order valence-electron chi connectivity index (χ2n) is 6.48. The zero-order valence-corrected chi connectivity index (χ0v) is 17.0. The van der Waals surface area contributed by atoms with E-state index in [0.29, 0.717) is 36.5 Å². The molecule has 0 spiro atoms. The first-order chi connectivity index (χ1) is 13.4. The van der Waals surface area contributed by atoms with Crippen molar-refractivity contribution in [3.05, 3.63) is 42.0 Å². The SMILES string of the molecule is CCc1ccc(OC)c(S(=O)(=O)Nc2ccc(OC)c(N3CCCC3=O)c2)c1. The van der Waals surface area contributed by atoms with Crippen LogP contribution in [0.5, 0.6) is 11.5 Å². The Balaban J connectivity index is 1.98. The molecule has 2 aromatic carbocycles. The third-order valence-electron chi connectivity index (χ3n) is 4.72. The van der Waals surface area contributed by atoms with Gasteiger partial charge in [-0.1, -0.05) is 13.0 Å². The molecule has 8 heteroatoms. The summed E-state index contributed by atoms with van der Waals surface area (Å²) in [6.07, 6.45) is 1.94. The number of aryl methyl sites for hydroxylation is 1. The Morgan fingerprint density at radius 1 is 1.07 bits per heavy atom. The minimum absolute atomic E-state index is 0.00405. The normalized spacial score (nSPS) is 14.2. The molecule has 1 amide bonds. The van der Waals surface area contributed by atoms with Crippen LogP contribution in [-0.2, 0) is 21.2 Å². The van der Waals surface area contributed by atoms with Crippen LogP contribution in [0.25, 0.3) is 0 Å². The van der Waals surface area contributed by atoms with Gasteiger partial charge in [-0.3, -0.25) is 9.52 Å². The van der Waals surface area contributed by atoms with Gasteiger partial charge in [-0.25, -0.2) is 8.42 Å². The van der Waals surface area contributed by atoms with Crippen molar-refractivity contribution in [2.24, 2.45) is 0 Å². The van der Waals surface area contributed by atoms with E-state index in [4.69, 9.17) is 9.47 Å². The maximum atomic E-state index is 13.0. The van der Waals surface area contributed by atoms with Crippen LogP contribution >= 0.6 is 0 Å². The monoisotopic (exact) mass is 404 g/mol. The molecule has 1 aliphatic rings. The predicted octanol–water partition coefficient (Wildman–Crippen LogP) is 3.19. The number of rotatable bonds is 7. The lowest BCUT2D eigenvalue weighted by molar-refractivity contribution is -0.117. The third kappa shape index (κ3) is 3.91. The number of amides is 1. The lowest BCUT2D eigenvalue weighted by atomic mass is 10.2. The van der Waals surface area contributed by atoms with Gasteiger partial charge >= 0.3 is 0 Å². The zero-order chi connectivity index (χ0) is 20.3. The third-order valence-corrected chi connectivity index (χ3v) is 6.12. The summed E-state index contributed by atoms with van der Waals surface area (Å²) in [5.74, 6) is 0.785. The van der Waals surface area contributed by atoms with E-state index in [1.807, 2.05) is 13.0 Å². The Bertz CT molecular complexity index is 988. The van der Waals surface area contributed by atoms with Gasteiger partial charge in [0.2, 0.25) is 5.91 Å². The van der Waals surface area contributed by atoms with Gasteiger partial charge in [-0.2, -0.15) is 0 Å². The van der Waals surface area contributed by atoms with Gasteiger partial charge in [-0.05, 0) is 48.7 Å². The molecule has 1 aliphatic heterocycles. The van der Waals surface area contributed by atoms with Crippen LogP contribution in [0.1, 0.15) is 25.3 Å². The van der Waals surface area contributed by atoms with Gasteiger partial charge in [0.25, 0.3) is 10.0 Å². The molecule has 0 bridgehead atoms. The molecule has 0 saturated carbocycles. The number of carbonyl (C=O) groups is 1. The molecule has 0 aliphatic carbocycles. The van der Waals surface area contributed by atoms with Crippen molar-refractivity contribution in [2.45, 2.75) is 31.1 Å². The van der Waals surface area contributed by atoms with Crippen LogP contribution in [0, 0.1) is 0 Å². The van der Waals surface area contributed by atoms with E-state index >= 15 is 0 Å². The molecule has 1 heterocycles. The second-order valence-corrected chi connectivity index (χ2v) is 8.13. The Kier molecular flexibility index (Phi) is 5.79. The summed E-state index contributed by atoms with van der Waals surface area (Å²) in [5.41, 5.74) is 1.79. The molecular formula is C20H24N2O5S. The van der Waals surface area contributed by atoms with Crippen LogP contribution in [0.3, 0.4) is 0 Å². The van der Waals surface area contributed by atoms with Crippen molar-refractivity contribution in [3.8, 4) is 11.5 Å². The Hall–Kier alpha value is -2.74. The number of nitrogens with zero attached hydrogens (tertiary/aromatic N) is 1. The fraction of sp³-hybridized carbons (Fsp3) is 0.350. The summed E-state index contributed by atoms with van der Waals surface area (Å²) in [5, 5.41) is 0. The summed E-state index contributed by atoms with van der Waals surface area (Å²) in [6.45, 7) is 2.53. The highest BCUT2D eigenvalue weighted by Gasteiger charge is 2.26. The van der Waals surface area contributed by atoms with E-state index in [2.05, 4.69) is 4.72 Å². The summed E-state index contributed by atoms with van der Waals surface area (Å²) >= 11 is 0. The molecule has 1 fully saturated rings. The number of ether oxygens (including phenoxy) is 2. The van der Waals surface area contributed by atoms with Crippen LogP contribution in [-0.4, -0.2) is 35.1 Å². The molecule has 7 nitrogen and oxygen atoms in total. The molecule has 28 heavy (non-hydrogen) atoms. The molecule has 150 valence electrons. The fourth-order valence-electron chi connectivity index (χ4n) is 3.23. The quantitative estimate of drug-likeness (QED) is 0.766. The van der Waals surface area contributed by atoms with Gasteiger partial charge in [-0.15, -0.1) is 0 Å². The molecular weight excluding hydrogens is 380 g/mol. The maximum Gasteiger partial charge on any atom is 0.265 e. The van der Waals surface area contributed by atoms with E-state index in [9.17, 15) is 13.2 Å². The van der Waals surface area contributed by atoms with E-state index in [1.165, 1.54) is 14.2 Å². The van der Waals surface area contributed by atoms with Crippen LogP contribution in [0.15, 0.2) is 41.3 Å². The number of benzene rings is 2. The van der Waals surface area contributed by atoms with Crippen molar-refractivity contribution in [3.63, 3.8) is 0 Å². The topological polar surface area (TPSA) is 84.9 Å². The van der Waals surface area contributed by atoms with E-state index in [-0.39, 0.29) is 16.6 Å². The van der Waals surface area contributed by atoms with Crippen LogP contribution in [0.4, 0.5) is 11.4 Å². The highest BCUT2D eigenvalue weighted by Crippen LogP contribution is 2.35. The van der Waals surface area contributed by atoms with Crippen molar-refractivity contribution < 1.29 is 22.7 Å². The van der Waals surface area contributed by atoms with Crippen LogP contribution in [0.2, 0.25) is 0 Å². The fourth-order valence-corrected chi connectivity index (χ4v) is 4.50. The largest absolute Gasteiger partial charge is 0.495 e. The molecule has 3 rings (SSSR count). The molecule has 1 N–H and O–H groups in total. The molecule has 0 radical (unpaired) electrons. The Morgan fingerprint density at radius 3 is 2.39 bits per heavy atom. The van der Waals surface area contributed by atoms with Gasteiger partial charge < -0.3 is 14.4 Å². The molecule has 0 atom stereocenters. The predicted molar refractivity (Wildman–Crippen MR) is 108 cm³/mol. The van der Waals surface area contributed by atoms with Gasteiger partial charge in [0.05, 0.1) is 25.6 Å². The zero-order valence-electron chi connectivity index (χ0n) is 16.2. The van der Waals surface area contributed by atoms with Crippen molar-refractivity contribution >= 4 is 27.3 Å². The standard InChI is InChI=1S/C20H24N2O5S/c1-4-14-7-9-18(27-3)19(12-14)28(24,25)21-15-8-10-17(26-2)16(13-15)22-11-5-6-20(22)23/h7-10,12-13,21H,4-6,11H2,1-3H3. The van der Waals surface area contributed by atoms with Gasteiger partial charge in [0.1, 0.15) is 16.4 Å². The maximum absolute atomic E-state index is 13.0. The van der Waals surface area contributed by atoms with E-state index < -0.39 is 10.0 Å². The Morgan fingerprint density at radius 2 is 1.79 bits per heavy atom. The molecule has 1 saturated heterocycles. The minimum atomic E-state index is -3.88. The summed E-state index contributed by atoms with van der Waals surface area (Å²) in [4.78, 5) is 13.8. The molecule has 0 unspecified atom stereocenters. The summed E-state index contributed by atoms with van der Waals surface area (Å²) in [6, 6.07) is 9.97. The number of sulfonamides is 1. The number of hydrogen-bond acceptors (Lipinski definition) is 5. The van der Waals surface area contributed by atoms with Gasteiger partial charge in [0, 0.05) is 13.0 Å². The Labute approximate surface area is 165 Å². The highest BCUT2D eigenvalue weighted by molar-refractivity contribution is 7.92. The lowest BCUT2D eigenvalue weighted by Crippen LogP contribution is -2.24. The van der Waals surface area contributed by atoms with Gasteiger partial charge in [0.15, 0.2) is 0 Å². The van der Waals surface area contributed by atoms with Crippen molar-refractivity contribution in [2.75, 3.05) is 30.4 Å². The smallest absolute Gasteiger partial charge is 0.265 e. The van der Waals surface area contributed by atoms with Crippen molar-refractivity contribution in [1.82, 2.24) is 0 Å². The van der Waals surface area contributed by atoms with E-state index in [1.54, 1.807) is 35.2 Å². The lowest BCUT2D eigenvalue weighted by Gasteiger charge is -2.20. The first-order valence-electron chi connectivity index (χ1n) is 9.07. The number of nitrogens with one attached hydrogen (secondary N) is 1. The first kappa shape index (κ1) is 20.0.